The molecule has 0 amide bonds. The highest BCUT2D eigenvalue weighted by Gasteiger charge is 2.17. The minimum absolute atomic E-state index is 0.0130. The zero-order valence-corrected chi connectivity index (χ0v) is 17.3. The number of ether oxygens (including phenoxy) is 2. The predicted octanol–water partition coefficient (Wildman–Crippen LogP) is 2.55. The number of benzene rings is 2. The number of carbonyl (C=O) groups excluding carboxylic acids is 1. The second-order valence-electron chi connectivity index (χ2n) is 6.20. The van der Waals surface area contributed by atoms with Crippen molar-refractivity contribution < 1.29 is 22.7 Å². The van der Waals surface area contributed by atoms with Crippen molar-refractivity contribution in [2.24, 2.45) is 0 Å². The third-order valence-corrected chi connectivity index (χ3v) is 5.71. The van der Waals surface area contributed by atoms with Gasteiger partial charge in [0.15, 0.2) is 0 Å². The number of sulfonamides is 1. The molecule has 0 aliphatic heterocycles. The number of methoxy groups -OCH3 is 1. The van der Waals surface area contributed by atoms with Crippen LogP contribution in [0.15, 0.2) is 72.2 Å². The van der Waals surface area contributed by atoms with Gasteiger partial charge in [0.05, 0.1) is 13.4 Å². The fraction of sp³-hybridized carbons (Fsp3) is 0.143. The standard InChI is InChI=1S/C21H21N3O5S/c1-22-30(26,27)20-13-16(5-9-19(20)28-2)6-10-21(25)29-14-17-3-7-18(8-4-17)24-12-11-23-15-24/h3-13,15,22H,14H2,1-2H3/b10-6+. The van der Waals surface area contributed by atoms with E-state index in [0.717, 1.165) is 11.3 Å². The lowest BCUT2D eigenvalue weighted by Crippen LogP contribution is -2.19. The molecule has 3 aromatic rings. The number of rotatable bonds is 8. The number of hydrogen-bond donors (Lipinski definition) is 1. The van der Waals surface area contributed by atoms with Gasteiger partial charge in [-0.2, -0.15) is 0 Å². The van der Waals surface area contributed by atoms with Crippen LogP contribution in [0.4, 0.5) is 0 Å². The molecule has 9 heteroatoms. The van der Waals surface area contributed by atoms with Gasteiger partial charge in [-0.05, 0) is 48.5 Å². The first kappa shape index (κ1) is 21.3. The van der Waals surface area contributed by atoms with Crippen LogP contribution in [0, 0.1) is 0 Å². The van der Waals surface area contributed by atoms with E-state index in [1.807, 2.05) is 35.0 Å². The Balaban J connectivity index is 1.63. The Hall–Kier alpha value is -3.43. The summed E-state index contributed by atoms with van der Waals surface area (Å²) in [5.41, 5.74) is 2.31. The Kier molecular flexibility index (Phi) is 6.65. The molecule has 1 heterocycles. The molecule has 0 saturated carbocycles. The van der Waals surface area contributed by atoms with Gasteiger partial charge in [0, 0.05) is 24.2 Å². The van der Waals surface area contributed by atoms with Crippen LogP contribution >= 0.6 is 0 Å². The number of hydrogen-bond acceptors (Lipinski definition) is 6. The molecule has 0 aliphatic carbocycles. The largest absolute Gasteiger partial charge is 0.495 e. The van der Waals surface area contributed by atoms with Crippen molar-refractivity contribution in [1.29, 1.82) is 0 Å². The average molecular weight is 427 g/mol. The molecular formula is C21H21N3O5S. The first-order valence-corrected chi connectivity index (χ1v) is 10.4. The number of nitrogens with zero attached hydrogens (tertiary/aromatic N) is 2. The summed E-state index contributed by atoms with van der Waals surface area (Å²) >= 11 is 0. The minimum atomic E-state index is -3.70. The summed E-state index contributed by atoms with van der Waals surface area (Å²) in [6, 6.07) is 12.1. The van der Waals surface area contributed by atoms with Crippen LogP contribution in [0.2, 0.25) is 0 Å². The number of aromatic nitrogens is 2. The molecule has 0 radical (unpaired) electrons. The summed E-state index contributed by atoms with van der Waals surface area (Å²) in [4.78, 5) is 16.0. The molecule has 0 atom stereocenters. The SMILES string of the molecule is CNS(=O)(=O)c1cc(/C=C/C(=O)OCc2ccc(-n3ccnc3)cc2)ccc1OC. The maximum Gasteiger partial charge on any atom is 0.331 e. The number of carbonyl (C=O) groups is 1. The van der Waals surface area contributed by atoms with Crippen LogP contribution in [0.1, 0.15) is 11.1 Å². The van der Waals surface area contributed by atoms with Gasteiger partial charge in [-0.25, -0.2) is 22.9 Å². The van der Waals surface area contributed by atoms with Crippen LogP contribution in [0.5, 0.6) is 5.75 Å². The van der Waals surface area contributed by atoms with E-state index in [9.17, 15) is 13.2 Å². The van der Waals surface area contributed by atoms with E-state index in [1.165, 1.54) is 38.4 Å². The molecule has 1 aromatic heterocycles. The quantitative estimate of drug-likeness (QED) is 0.438. The predicted molar refractivity (Wildman–Crippen MR) is 112 cm³/mol. The van der Waals surface area contributed by atoms with Gasteiger partial charge in [0.2, 0.25) is 10.0 Å². The molecule has 2 aromatic carbocycles. The van der Waals surface area contributed by atoms with Crippen molar-refractivity contribution in [3.05, 3.63) is 78.4 Å². The average Bonchev–Trinajstić information content (AvgIpc) is 3.31. The van der Waals surface area contributed by atoms with Crippen LogP contribution in [0.25, 0.3) is 11.8 Å². The molecule has 156 valence electrons. The van der Waals surface area contributed by atoms with E-state index in [1.54, 1.807) is 18.6 Å². The first-order chi connectivity index (χ1) is 14.4. The van der Waals surface area contributed by atoms with Crippen molar-refractivity contribution in [2.75, 3.05) is 14.2 Å². The van der Waals surface area contributed by atoms with Crippen LogP contribution in [0.3, 0.4) is 0 Å². The Morgan fingerprint density at radius 2 is 1.97 bits per heavy atom. The van der Waals surface area contributed by atoms with Crippen molar-refractivity contribution in [3.63, 3.8) is 0 Å². The molecule has 0 unspecified atom stereocenters. The van der Waals surface area contributed by atoms with E-state index in [2.05, 4.69) is 9.71 Å². The molecule has 1 N–H and O–H groups in total. The number of nitrogens with one attached hydrogen (secondary N) is 1. The second-order valence-corrected chi connectivity index (χ2v) is 8.05. The van der Waals surface area contributed by atoms with Gasteiger partial charge < -0.3 is 14.0 Å². The van der Waals surface area contributed by atoms with Gasteiger partial charge in [-0.15, -0.1) is 0 Å². The monoisotopic (exact) mass is 427 g/mol. The third kappa shape index (κ3) is 5.13. The molecule has 0 bridgehead atoms. The smallest absolute Gasteiger partial charge is 0.331 e. The highest BCUT2D eigenvalue weighted by molar-refractivity contribution is 7.89. The second kappa shape index (κ2) is 9.38. The summed E-state index contributed by atoms with van der Waals surface area (Å²) in [7, 11) is -0.995. The molecule has 30 heavy (non-hydrogen) atoms. The topological polar surface area (TPSA) is 99.5 Å². The van der Waals surface area contributed by atoms with Crippen molar-refractivity contribution in [2.45, 2.75) is 11.5 Å². The molecule has 8 nitrogen and oxygen atoms in total. The van der Waals surface area contributed by atoms with Crippen molar-refractivity contribution in [1.82, 2.24) is 14.3 Å². The Bertz CT molecular complexity index is 1140. The normalized spacial score (nSPS) is 11.5. The summed E-state index contributed by atoms with van der Waals surface area (Å²) in [6.45, 7) is 0.120. The van der Waals surface area contributed by atoms with Crippen LogP contribution in [-0.4, -0.2) is 38.1 Å². The van der Waals surface area contributed by atoms with Gasteiger partial charge in [0.1, 0.15) is 17.3 Å². The van der Waals surface area contributed by atoms with Crippen LogP contribution in [-0.2, 0) is 26.2 Å². The lowest BCUT2D eigenvalue weighted by Gasteiger charge is -2.09. The lowest BCUT2D eigenvalue weighted by atomic mass is 10.2. The van der Waals surface area contributed by atoms with Gasteiger partial charge in [-0.1, -0.05) is 18.2 Å². The van der Waals surface area contributed by atoms with Crippen molar-refractivity contribution >= 4 is 22.1 Å². The van der Waals surface area contributed by atoms with E-state index < -0.39 is 16.0 Å². The summed E-state index contributed by atoms with van der Waals surface area (Å²) in [6.07, 6.45) is 7.97. The number of imidazole rings is 1. The molecule has 3 rings (SSSR count). The highest BCUT2D eigenvalue weighted by Crippen LogP contribution is 2.25. The zero-order chi connectivity index (χ0) is 21.6. The maximum absolute atomic E-state index is 12.1. The van der Waals surface area contributed by atoms with E-state index >= 15 is 0 Å². The van der Waals surface area contributed by atoms with Crippen LogP contribution < -0.4 is 9.46 Å². The van der Waals surface area contributed by atoms with E-state index in [-0.39, 0.29) is 17.3 Å². The Morgan fingerprint density at radius 1 is 1.20 bits per heavy atom. The minimum Gasteiger partial charge on any atom is -0.495 e. The first-order valence-electron chi connectivity index (χ1n) is 8.96. The van der Waals surface area contributed by atoms with Gasteiger partial charge in [-0.3, -0.25) is 0 Å². The fourth-order valence-electron chi connectivity index (χ4n) is 2.66. The summed E-state index contributed by atoms with van der Waals surface area (Å²) < 4.78 is 38.7. The third-order valence-electron chi connectivity index (χ3n) is 4.28. The molecular weight excluding hydrogens is 406 g/mol. The zero-order valence-electron chi connectivity index (χ0n) is 16.5. The maximum atomic E-state index is 12.1. The van der Waals surface area contributed by atoms with E-state index in [0.29, 0.717) is 5.56 Å². The van der Waals surface area contributed by atoms with E-state index in [4.69, 9.17) is 9.47 Å². The van der Waals surface area contributed by atoms with Gasteiger partial charge in [0.25, 0.3) is 0 Å². The number of esters is 1. The highest BCUT2D eigenvalue weighted by atomic mass is 32.2. The van der Waals surface area contributed by atoms with Gasteiger partial charge >= 0.3 is 5.97 Å². The lowest BCUT2D eigenvalue weighted by molar-refractivity contribution is -0.138. The van der Waals surface area contributed by atoms with Crippen molar-refractivity contribution in [3.8, 4) is 11.4 Å². The molecule has 0 saturated heterocycles. The molecule has 0 spiro atoms. The Morgan fingerprint density at radius 3 is 2.60 bits per heavy atom. The summed E-state index contributed by atoms with van der Waals surface area (Å²) in [5.74, 6) is -0.328. The molecule has 0 aliphatic rings. The Labute approximate surface area is 174 Å². The summed E-state index contributed by atoms with van der Waals surface area (Å²) in [5, 5.41) is 0. The molecule has 0 fully saturated rings. The fourth-order valence-corrected chi connectivity index (χ4v) is 3.59.